The van der Waals surface area contributed by atoms with E-state index in [0.29, 0.717) is 6.04 Å². The minimum atomic E-state index is 0.331. The molecule has 0 saturated carbocycles. The highest BCUT2D eigenvalue weighted by atomic mass is 32.1. The number of nitrogens with one attached hydrogen (secondary N) is 1. The molecule has 15 heavy (non-hydrogen) atoms. The quantitative estimate of drug-likeness (QED) is 0.798. The third kappa shape index (κ3) is 2.43. The highest BCUT2D eigenvalue weighted by Crippen LogP contribution is 2.21. The third-order valence-corrected chi connectivity index (χ3v) is 3.30. The molecule has 0 fully saturated rings. The summed E-state index contributed by atoms with van der Waals surface area (Å²) >= 11 is 1.74. The average molecular weight is 218 g/mol. The van der Waals surface area contributed by atoms with Crippen LogP contribution >= 0.6 is 11.3 Å². The molecule has 0 spiro atoms. The maximum Gasteiger partial charge on any atom is 0.108 e. The van der Waals surface area contributed by atoms with E-state index in [-0.39, 0.29) is 0 Å². The zero-order chi connectivity index (χ0) is 10.7. The van der Waals surface area contributed by atoms with Gasteiger partial charge >= 0.3 is 0 Å². The first-order valence-electron chi connectivity index (χ1n) is 5.00. The molecule has 1 aromatic carbocycles. The summed E-state index contributed by atoms with van der Waals surface area (Å²) in [5.41, 5.74) is 1.09. The van der Waals surface area contributed by atoms with Crippen LogP contribution in [0.2, 0.25) is 0 Å². The standard InChI is InChI=1S/C12H14N2S/c1-3-9(2)13-8-12-14-10-6-4-5-7-11(10)15-12/h3-7,9,13H,1,8H2,2H3. The zero-order valence-corrected chi connectivity index (χ0v) is 9.55. The first-order chi connectivity index (χ1) is 7.29. The van der Waals surface area contributed by atoms with Crippen molar-refractivity contribution in [1.82, 2.24) is 10.3 Å². The van der Waals surface area contributed by atoms with Crippen LogP contribution in [-0.2, 0) is 6.54 Å². The van der Waals surface area contributed by atoms with Gasteiger partial charge in [0.2, 0.25) is 0 Å². The highest BCUT2D eigenvalue weighted by Gasteiger charge is 2.03. The Morgan fingerprint density at radius 2 is 2.33 bits per heavy atom. The lowest BCUT2D eigenvalue weighted by Gasteiger charge is -2.05. The molecule has 1 heterocycles. The van der Waals surface area contributed by atoms with E-state index in [1.807, 2.05) is 24.3 Å². The van der Waals surface area contributed by atoms with Gasteiger partial charge in [-0.05, 0) is 19.1 Å². The van der Waals surface area contributed by atoms with E-state index in [4.69, 9.17) is 0 Å². The summed E-state index contributed by atoms with van der Waals surface area (Å²) in [5, 5.41) is 4.47. The first-order valence-corrected chi connectivity index (χ1v) is 5.81. The molecule has 1 unspecified atom stereocenters. The van der Waals surface area contributed by atoms with Crippen LogP contribution < -0.4 is 5.32 Å². The predicted octanol–water partition coefficient (Wildman–Crippen LogP) is 2.96. The van der Waals surface area contributed by atoms with E-state index in [2.05, 4.69) is 29.9 Å². The zero-order valence-electron chi connectivity index (χ0n) is 8.73. The molecule has 78 valence electrons. The van der Waals surface area contributed by atoms with E-state index >= 15 is 0 Å². The molecule has 1 aromatic heterocycles. The number of para-hydroxylation sites is 1. The summed E-state index contributed by atoms with van der Waals surface area (Å²) < 4.78 is 1.25. The van der Waals surface area contributed by atoms with E-state index in [0.717, 1.165) is 17.1 Å². The number of hydrogen-bond donors (Lipinski definition) is 1. The van der Waals surface area contributed by atoms with Gasteiger partial charge in [-0.25, -0.2) is 4.98 Å². The Labute approximate surface area is 93.7 Å². The highest BCUT2D eigenvalue weighted by molar-refractivity contribution is 7.18. The largest absolute Gasteiger partial charge is 0.304 e. The Morgan fingerprint density at radius 1 is 1.53 bits per heavy atom. The molecular formula is C12H14N2S. The predicted molar refractivity (Wildman–Crippen MR) is 66.1 cm³/mol. The van der Waals surface area contributed by atoms with E-state index < -0.39 is 0 Å². The molecule has 0 bridgehead atoms. The number of fused-ring (bicyclic) bond motifs is 1. The Balaban J connectivity index is 2.12. The van der Waals surface area contributed by atoms with Crippen molar-refractivity contribution < 1.29 is 0 Å². The molecule has 0 aliphatic heterocycles. The van der Waals surface area contributed by atoms with Crippen LogP contribution in [-0.4, -0.2) is 11.0 Å². The van der Waals surface area contributed by atoms with Crippen molar-refractivity contribution in [1.29, 1.82) is 0 Å². The molecule has 2 nitrogen and oxygen atoms in total. The van der Waals surface area contributed by atoms with Crippen LogP contribution in [0.1, 0.15) is 11.9 Å². The molecule has 3 heteroatoms. The van der Waals surface area contributed by atoms with Crippen molar-refractivity contribution >= 4 is 21.6 Å². The van der Waals surface area contributed by atoms with Gasteiger partial charge in [-0.2, -0.15) is 0 Å². The monoisotopic (exact) mass is 218 g/mol. The molecule has 1 N–H and O–H groups in total. The molecule has 2 aromatic rings. The van der Waals surface area contributed by atoms with Gasteiger partial charge in [0.1, 0.15) is 5.01 Å². The van der Waals surface area contributed by atoms with Crippen LogP contribution in [0.4, 0.5) is 0 Å². The molecule has 0 saturated heterocycles. The van der Waals surface area contributed by atoms with Crippen molar-refractivity contribution in [2.24, 2.45) is 0 Å². The summed E-state index contributed by atoms with van der Waals surface area (Å²) in [6.45, 7) is 6.63. The summed E-state index contributed by atoms with van der Waals surface area (Å²) in [5.74, 6) is 0. The number of rotatable bonds is 4. The lowest BCUT2D eigenvalue weighted by molar-refractivity contribution is 0.633. The first kappa shape index (κ1) is 10.3. The summed E-state index contributed by atoms with van der Waals surface area (Å²) in [6.07, 6.45) is 1.90. The molecule has 0 aliphatic carbocycles. The van der Waals surface area contributed by atoms with Gasteiger partial charge in [0, 0.05) is 12.6 Å². The number of thiazole rings is 1. The minimum Gasteiger partial charge on any atom is -0.304 e. The molecule has 0 aliphatic rings. The normalized spacial score (nSPS) is 12.9. The fourth-order valence-electron chi connectivity index (χ4n) is 1.33. The van der Waals surface area contributed by atoms with Crippen LogP contribution in [0.5, 0.6) is 0 Å². The maximum atomic E-state index is 4.54. The van der Waals surface area contributed by atoms with Crippen molar-refractivity contribution in [3.05, 3.63) is 41.9 Å². The average Bonchev–Trinajstić information content (AvgIpc) is 2.68. The fourth-order valence-corrected chi connectivity index (χ4v) is 2.25. The topological polar surface area (TPSA) is 24.9 Å². The van der Waals surface area contributed by atoms with Crippen LogP contribution in [0.25, 0.3) is 10.2 Å². The van der Waals surface area contributed by atoms with Gasteiger partial charge in [0.05, 0.1) is 10.2 Å². The second kappa shape index (κ2) is 4.55. The Hall–Kier alpha value is -1.19. The Kier molecular flexibility index (Phi) is 3.14. The minimum absolute atomic E-state index is 0.331. The summed E-state index contributed by atoms with van der Waals surface area (Å²) in [7, 11) is 0. The van der Waals surface area contributed by atoms with Gasteiger partial charge < -0.3 is 5.32 Å². The van der Waals surface area contributed by atoms with E-state index in [1.165, 1.54) is 4.70 Å². The van der Waals surface area contributed by atoms with E-state index in [1.54, 1.807) is 11.3 Å². The van der Waals surface area contributed by atoms with Gasteiger partial charge in [-0.1, -0.05) is 18.2 Å². The lowest BCUT2D eigenvalue weighted by Crippen LogP contribution is -2.22. The van der Waals surface area contributed by atoms with Crippen molar-refractivity contribution in [3.63, 3.8) is 0 Å². The summed E-state index contributed by atoms with van der Waals surface area (Å²) in [4.78, 5) is 4.54. The molecule has 0 radical (unpaired) electrons. The van der Waals surface area contributed by atoms with Gasteiger partial charge in [0.15, 0.2) is 0 Å². The Bertz CT molecular complexity index is 428. The molecule has 0 amide bonds. The second-order valence-corrected chi connectivity index (χ2v) is 4.60. The number of nitrogens with zero attached hydrogens (tertiary/aromatic N) is 1. The number of benzene rings is 1. The van der Waals surface area contributed by atoms with Gasteiger partial charge in [0.25, 0.3) is 0 Å². The second-order valence-electron chi connectivity index (χ2n) is 3.48. The maximum absolute atomic E-state index is 4.54. The molecule has 2 rings (SSSR count). The molecular weight excluding hydrogens is 204 g/mol. The van der Waals surface area contributed by atoms with Gasteiger partial charge in [-0.15, -0.1) is 17.9 Å². The SMILES string of the molecule is C=CC(C)NCc1nc2ccccc2s1. The van der Waals surface area contributed by atoms with Crippen LogP contribution in [0.3, 0.4) is 0 Å². The van der Waals surface area contributed by atoms with Crippen molar-refractivity contribution in [3.8, 4) is 0 Å². The smallest absolute Gasteiger partial charge is 0.108 e. The Morgan fingerprint density at radius 3 is 3.07 bits per heavy atom. The molecule has 1 atom stereocenters. The van der Waals surface area contributed by atoms with Crippen molar-refractivity contribution in [2.75, 3.05) is 0 Å². The van der Waals surface area contributed by atoms with Crippen LogP contribution in [0, 0.1) is 0 Å². The van der Waals surface area contributed by atoms with E-state index in [9.17, 15) is 0 Å². The number of aromatic nitrogens is 1. The van der Waals surface area contributed by atoms with Gasteiger partial charge in [-0.3, -0.25) is 0 Å². The third-order valence-electron chi connectivity index (χ3n) is 2.27. The lowest BCUT2D eigenvalue weighted by atomic mass is 10.3. The summed E-state index contributed by atoms with van der Waals surface area (Å²) in [6, 6.07) is 8.55. The number of hydrogen-bond acceptors (Lipinski definition) is 3. The van der Waals surface area contributed by atoms with Crippen molar-refractivity contribution in [2.45, 2.75) is 19.5 Å². The fraction of sp³-hybridized carbons (Fsp3) is 0.250. The van der Waals surface area contributed by atoms with Crippen LogP contribution in [0.15, 0.2) is 36.9 Å².